The Labute approximate surface area is 71.8 Å². The fraction of sp³-hybridized carbons (Fsp3) is 1.00. The van der Waals surface area contributed by atoms with Crippen LogP contribution in [0.15, 0.2) is 0 Å². The molecule has 1 aliphatic rings. The highest BCUT2D eigenvalue weighted by atomic mass is 16.5. The molecule has 0 aromatic heterocycles. The van der Waals surface area contributed by atoms with Gasteiger partial charge in [-0.1, -0.05) is 20.8 Å². The molecule has 0 unspecified atom stereocenters. The fourth-order valence-corrected chi connectivity index (χ4v) is 0.885. The fourth-order valence-electron chi connectivity index (χ4n) is 0.885. The molecule has 11 heavy (non-hydrogen) atoms. The van der Waals surface area contributed by atoms with Crippen LogP contribution in [0.5, 0.6) is 0 Å². The first kappa shape index (κ1) is 10.9. The summed E-state index contributed by atoms with van der Waals surface area (Å²) in [6.07, 6.45) is 1.23. The Balaban J connectivity index is 0. The van der Waals surface area contributed by atoms with E-state index in [1.165, 1.54) is 6.42 Å². The zero-order valence-corrected chi connectivity index (χ0v) is 8.02. The molecule has 1 fully saturated rings. The summed E-state index contributed by atoms with van der Waals surface area (Å²) < 4.78 is 5.03. The molecule has 1 rings (SSSR count). The minimum Gasteiger partial charge on any atom is -0.381 e. The lowest BCUT2D eigenvalue weighted by Crippen LogP contribution is -2.36. The summed E-state index contributed by atoms with van der Waals surface area (Å²) in [6, 6.07) is 0. The third-order valence-corrected chi connectivity index (χ3v) is 1.57. The van der Waals surface area contributed by atoms with Gasteiger partial charge in [0, 0.05) is 13.9 Å². The quantitative estimate of drug-likeness (QED) is 0.636. The summed E-state index contributed by atoms with van der Waals surface area (Å²) in [5.41, 5.74) is 0. The van der Waals surface area contributed by atoms with Crippen molar-refractivity contribution in [1.29, 1.82) is 0 Å². The van der Waals surface area contributed by atoms with Crippen molar-refractivity contribution in [3.63, 3.8) is 0 Å². The van der Waals surface area contributed by atoms with Gasteiger partial charge < -0.3 is 10.1 Å². The number of nitrogens with one attached hydrogen (secondary N) is 1. The summed E-state index contributed by atoms with van der Waals surface area (Å²) >= 11 is 0. The van der Waals surface area contributed by atoms with E-state index >= 15 is 0 Å². The summed E-state index contributed by atoms with van der Waals surface area (Å²) in [5, 5.41) is 3.36. The van der Waals surface area contributed by atoms with E-state index < -0.39 is 0 Å². The van der Waals surface area contributed by atoms with Gasteiger partial charge in [-0.25, -0.2) is 0 Å². The smallest absolute Gasteiger partial charge is 0.0528 e. The van der Waals surface area contributed by atoms with Gasteiger partial charge in [-0.15, -0.1) is 0 Å². The minimum absolute atomic E-state index is 0. The topological polar surface area (TPSA) is 21.3 Å². The molecule has 0 spiro atoms. The van der Waals surface area contributed by atoms with Crippen LogP contribution in [0.3, 0.4) is 0 Å². The Morgan fingerprint density at radius 2 is 2.09 bits per heavy atom. The lowest BCUT2D eigenvalue weighted by atomic mass is 10.1. The Morgan fingerprint density at radius 1 is 1.45 bits per heavy atom. The first-order valence-corrected chi connectivity index (χ1v) is 4.72. The second-order valence-electron chi connectivity index (χ2n) is 2.61. The summed E-state index contributed by atoms with van der Waals surface area (Å²) in [5.74, 6) is 0.802. The molecule has 0 saturated carbocycles. The normalized spacial score (nSPS) is 16.6. The summed E-state index contributed by atoms with van der Waals surface area (Å²) in [6.45, 7) is 10.4. The molecule has 0 radical (unpaired) electrons. The maximum atomic E-state index is 5.03. The number of hydrogen-bond donors (Lipinski definition) is 1. The van der Waals surface area contributed by atoms with Crippen LogP contribution in [0.2, 0.25) is 0 Å². The van der Waals surface area contributed by atoms with Crippen molar-refractivity contribution < 1.29 is 6.16 Å². The Kier molecular flexibility index (Phi) is 7.96. The molecule has 2 heteroatoms. The van der Waals surface area contributed by atoms with Crippen molar-refractivity contribution in [2.45, 2.75) is 27.2 Å². The molecule has 0 atom stereocenters. The van der Waals surface area contributed by atoms with E-state index in [1.54, 1.807) is 0 Å². The third kappa shape index (κ3) is 5.22. The predicted octanol–water partition coefficient (Wildman–Crippen LogP) is 1.90. The standard InChI is InChI=1S/C7H15NO.C2H6.H2/c1-2-3-8-4-7-5-9-6-7;1-2;/h7-8H,2-6H2,1H3;1-2H3;1H. The molecule has 1 aliphatic heterocycles. The molecule has 2 nitrogen and oxygen atoms in total. The molecule has 0 aromatic rings. The first-order chi connectivity index (χ1) is 5.43. The lowest BCUT2D eigenvalue weighted by molar-refractivity contribution is -0.0305. The zero-order chi connectivity index (χ0) is 8.53. The van der Waals surface area contributed by atoms with Gasteiger partial charge >= 0.3 is 0 Å². The lowest BCUT2D eigenvalue weighted by Gasteiger charge is -2.25. The Bertz CT molecular complexity index is 76.9. The highest BCUT2D eigenvalue weighted by Gasteiger charge is 2.16. The van der Waals surface area contributed by atoms with E-state index in [-0.39, 0.29) is 1.43 Å². The van der Waals surface area contributed by atoms with Crippen LogP contribution in [-0.2, 0) is 4.74 Å². The zero-order valence-electron chi connectivity index (χ0n) is 8.02. The Morgan fingerprint density at radius 3 is 2.45 bits per heavy atom. The van der Waals surface area contributed by atoms with Gasteiger partial charge in [0.05, 0.1) is 13.2 Å². The molecule has 1 N–H and O–H groups in total. The minimum atomic E-state index is 0. The van der Waals surface area contributed by atoms with E-state index in [2.05, 4.69) is 12.2 Å². The first-order valence-electron chi connectivity index (χ1n) is 4.72. The second kappa shape index (κ2) is 8.02. The van der Waals surface area contributed by atoms with Gasteiger partial charge in [-0.3, -0.25) is 0 Å². The summed E-state index contributed by atoms with van der Waals surface area (Å²) in [4.78, 5) is 0. The van der Waals surface area contributed by atoms with Crippen LogP contribution < -0.4 is 5.32 Å². The van der Waals surface area contributed by atoms with E-state index in [9.17, 15) is 0 Å². The van der Waals surface area contributed by atoms with Gasteiger partial charge in [0.25, 0.3) is 0 Å². The highest BCUT2D eigenvalue weighted by Crippen LogP contribution is 2.07. The van der Waals surface area contributed by atoms with E-state index in [4.69, 9.17) is 4.74 Å². The molecule has 0 aliphatic carbocycles. The molecular formula is C9H23NO. The number of hydrogen-bond acceptors (Lipinski definition) is 2. The van der Waals surface area contributed by atoms with E-state index in [0.29, 0.717) is 0 Å². The van der Waals surface area contributed by atoms with Gasteiger partial charge in [0.1, 0.15) is 0 Å². The van der Waals surface area contributed by atoms with Gasteiger partial charge in [0.2, 0.25) is 0 Å². The second-order valence-corrected chi connectivity index (χ2v) is 2.61. The van der Waals surface area contributed by atoms with Crippen LogP contribution in [0, 0.1) is 5.92 Å². The molecule has 70 valence electrons. The molecule has 0 amide bonds. The van der Waals surface area contributed by atoms with Gasteiger partial charge in [0.15, 0.2) is 0 Å². The molecule has 0 bridgehead atoms. The van der Waals surface area contributed by atoms with E-state index in [0.717, 1.165) is 32.2 Å². The molecule has 0 aromatic carbocycles. The average Bonchev–Trinajstić information content (AvgIpc) is 1.99. The number of rotatable bonds is 4. The van der Waals surface area contributed by atoms with Crippen LogP contribution >= 0.6 is 0 Å². The predicted molar refractivity (Wildman–Crippen MR) is 50.9 cm³/mol. The van der Waals surface area contributed by atoms with Crippen LogP contribution in [0.25, 0.3) is 0 Å². The summed E-state index contributed by atoms with van der Waals surface area (Å²) in [7, 11) is 0. The largest absolute Gasteiger partial charge is 0.381 e. The van der Waals surface area contributed by atoms with Crippen LogP contribution in [0.1, 0.15) is 28.6 Å². The van der Waals surface area contributed by atoms with Crippen LogP contribution in [-0.4, -0.2) is 26.3 Å². The van der Waals surface area contributed by atoms with Crippen molar-refractivity contribution in [2.24, 2.45) is 5.92 Å². The SMILES string of the molecule is CC.CCCNCC1COC1.[HH]. The number of ether oxygens (including phenoxy) is 1. The van der Waals surface area contributed by atoms with Crippen molar-refractivity contribution in [1.82, 2.24) is 5.32 Å². The monoisotopic (exact) mass is 161 g/mol. The third-order valence-electron chi connectivity index (χ3n) is 1.57. The molecule has 1 heterocycles. The Hall–Kier alpha value is -0.0800. The average molecular weight is 161 g/mol. The van der Waals surface area contributed by atoms with Crippen molar-refractivity contribution in [2.75, 3.05) is 26.3 Å². The maximum absolute atomic E-state index is 5.03. The highest BCUT2D eigenvalue weighted by molar-refractivity contribution is 4.67. The van der Waals surface area contributed by atoms with Crippen molar-refractivity contribution in [3.8, 4) is 0 Å². The van der Waals surface area contributed by atoms with Gasteiger partial charge in [-0.05, 0) is 13.0 Å². The van der Waals surface area contributed by atoms with Gasteiger partial charge in [-0.2, -0.15) is 0 Å². The van der Waals surface area contributed by atoms with E-state index in [1.807, 2.05) is 13.8 Å². The maximum Gasteiger partial charge on any atom is 0.0528 e. The van der Waals surface area contributed by atoms with Crippen LogP contribution in [0.4, 0.5) is 0 Å². The van der Waals surface area contributed by atoms with Crippen molar-refractivity contribution in [3.05, 3.63) is 0 Å². The molecular weight excluding hydrogens is 138 g/mol. The van der Waals surface area contributed by atoms with Crippen molar-refractivity contribution >= 4 is 0 Å². The molecule has 1 saturated heterocycles.